The third kappa shape index (κ3) is 10.1. The normalized spacial score (nSPS) is 10.8. The summed E-state index contributed by atoms with van der Waals surface area (Å²) in [6.45, 7) is 2.87. The molecule has 0 heterocycles. The Morgan fingerprint density at radius 1 is 1.00 bits per heavy atom. The van der Waals surface area contributed by atoms with Gasteiger partial charge in [-0.2, -0.15) is 5.10 Å². The molecule has 0 fully saturated rings. The van der Waals surface area contributed by atoms with Crippen molar-refractivity contribution in [1.29, 1.82) is 0 Å². The molecule has 0 aromatic heterocycles. The van der Waals surface area contributed by atoms with Gasteiger partial charge in [0.2, 0.25) is 0 Å². The molecule has 0 bridgehead atoms. The number of amides is 1. The second kappa shape index (κ2) is 13.8. The van der Waals surface area contributed by atoms with Crippen LogP contribution in [0.3, 0.4) is 0 Å². The smallest absolute Gasteiger partial charge is 0.277 e. The summed E-state index contributed by atoms with van der Waals surface area (Å²) >= 11 is 3.36. The van der Waals surface area contributed by atoms with E-state index in [1.54, 1.807) is 18.3 Å². The Hall–Kier alpha value is -2.34. The predicted octanol–water partition coefficient (Wildman–Crippen LogP) is 5.72. The fourth-order valence-electron chi connectivity index (χ4n) is 2.64. The lowest BCUT2D eigenvalue weighted by atomic mass is 10.1. The second-order valence-electron chi connectivity index (χ2n) is 6.72. The Morgan fingerprint density at radius 3 is 2.52 bits per heavy atom. The average Bonchev–Trinajstić information content (AvgIpc) is 2.73. The fraction of sp³-hybridized carbons (Fsp3) is 0.391. The minimum absolute atomic E-state index is 0.0982. The van der Waals surface area contributed by atoms with Crippen molar-refractivity contribution in [3.8, 4) is 11.5 Å². The van der Waals surface area contributed by atoms with Crippen LogP contribution >= 0.6 is 15.9 Å². The standard InChI is InChI=1S/C23H29BrN2O3/c1-2-3-4-5-6-7-15-28-21-13-11-19(12-14-21)17-25-26-23(27)18-29-22-10-8-9-20(24)16-22/h8-14,16-17H,2-7,15,18H2,1H3,(H,26,27)/b25-17+. The lowest BCUT2D eigenvalue weighted by Gasteiger charge is -2.06. The first-order valence-electron chi connectivity index (χ1n) is 10.1. The maximum atomic E-state index is 11.8. The van der Waals surface area contributed by atoms with Crippen LogP contribution in [-0.2, 0) is 4.79 Å². The maximum absolute atomic E-state index is 11.8. The highest BCUT2D eigenvalue weighted by atomic mass is 79.9. The van der Waals surface area contributed by atoms with Gasteiger partial charge in [-0.05, 0) is 54.4 Å². The number of carbonyl (C=O) groups excluding carboxylic acids is 1. The summed E-state index contributed by atoms with van der Waals surface area (Å²) in [6, 6.07) is 15.0. The van der Waals surface area contributed by atoms with E-state index < -0.39 is 0 Å². The van der Waals surface area contributed by atoms with E-state index in [-0.39, 0.29) is 12.5 Å². The molecule has 0 aliphatic heterocycles. The highest BCUT2D eigenvalue weighted by Gasteiger charge is 2.02. The Labute approximate surface area is 181 Å². The number of nitrogens with one attached hydrogen (secondary N) is 1. The van der Waals surface area contributed by atoms with Crippen LogP contribution in [0.1, 0.15) is 51.0 Å². The van der Waals surface area contributed by atoms with Gasteiger partial charge in [0, 0.05) is 4.47 Å². The van der Waals surface area contributed by atoms with Crippen molar-refractivity contribution in [2.24, 2.45) is 5.10 Å². The molecule has 2 aromatic rings. The van der Waals surface area contributed by atoms with Gasteiger partial charge in [0.15, 0.2) is 6.61 Å². The first kappa shape index (κ1) is 22.9. The molecule has 0 atom stereocenters. The highest BCUT2D eigenvalue weighted by Crippen LogP contribution is 2.17. The molecule has 0 unspecified atom stereocenters. The number of nitrogens with zero attached hydrogens (tertiary/aromatic N) is 1. The van der Waals surface area contributed by atoms with E-state index in [1.807, 2.05) is 36.4 Å². The van der Waals surface area contributed by atoms with Gasteiger partial charge < -0.3 is 9.47 Å². The number of hydrazone groups is 1. The average molecular weight is 461 g/mol. The molecule has 2 rings (SSSR count). The summed E-state index contributed by atoms with van der Waals surface area (Å²) in [6.07, 6.45) is 9.09. The minimum atomic E-state index is -0.319. The molecule has 0 radical (unpaired) electrons. The Balaban J connectivity index is 1.63. The van der Waals surface area contributed by atoms with Gasteiger partial charge in [-0.3, -0.25) is 4.79 Å². The molecule has 0 aliphatic rings. The van der Waals surface area contributed by atoms with Crippen LogP contribution in [-0.4, -0.2) is 25.3 Å². The van der Waals surface area contributed by atoms with E-state index in [0.717, 1.165) is 28.8 Å². The molecule has 1 N–H and O–H groups in total. The molecule has 0 aliphatic carbocycles. The molecule has 0 saturated heterocycles. The Kier molecular flexibility index (Phi) is 10.9. The van der Waals surface area contributed by atoms with Gasteiger partial charge in [0.05, 0.1) is 12.8 Å². The fourth-order valence-corrected chi connectivity index (χ4v) is 3.02. The van der Waals surface area contributed by atoms with E-state index in [9.17, 15) is 4.79 Å². The molecule has 156 valence electrons. The lowest BCUT2D eigenvalue weighted by molar-refractivity contribution is -0.123. The molecular weight excluding hydrogens is 432 g/mol. The number of hydrogen-bond donors (Lipinski definition) is 1. The van der Waals surface area contributed by atoms with Crippen molar-refractivity contribution in [2.45, 2.75) is 45.4 Å². The van der Waals surface area contributed by atoms with Gasteiger partial charge in [0.25, 0.3) is 5.91 Å². The SMILES string of the molecule is CCCCCCCCOc1ccc(/C=N/NC(=O)COc2cccc(Br)c2)cc1. The van der Waals surface area contributed by atoms with E-state index >= 15 is 0 Å². The lowest BCUT2D eigenvalue weighted by Crippen LogP contribution is -2.24. The molecule has 6 heteroatoms. The van der Waals surface area contributed by atoms with E-state index in [0.29, 0.717) is 5.75 Å². The molecule has 0 saturated carbocycles. The van der Waals surface area contributed by atoms with Crippen molar-refractivity contribution in [2.75, 3.05) is 13.2 Å². The number of ether oxygens (including phenoxy) is 2. The maximum Gasteiger partial charge on any atom is 0.277 e. The van der Waals surface area contributed by atoms with Gasteiger partial charge in [-0.1, -0.05) is 61.0 Å². The van der Waals surface area contributed by atoms with Crippen LogP contribution < -0.4 is 14.9 Å². The summed E-state index contributed by atoms with van der Waals surface area (Å²) in [7, 11) is 0. The molecule has 0 spiro atoms. The monoisotopic (exact) mass is 460 g/mol. The summed E-state index contributed by atoms with van der Waals surface area (Å²) in [5, 5.41) is 3.96. The first-order valence-corrected chi connectivity index (χ1v) is 10.9. The molecule has 2 aromatic carbocycles. The highest BCUT2D eigenvalue weighted by molar-refractivity contribution is 9.10. The third-order valence-corrected chi connectivity index (χ3v) is 4.71. The zero-order chi connectivity index (χ0) is 20.7. The number of hydrogen-bond acceptors (Lipinski definition) is 4. The van der Waals surface area contributed by atoms with Crippen LogP contribution in [0.4, 0.5) is 0 Å². The Morgan fingerprint density at radius 2 is 1.76 bits per heavy atom. The van der Waals surface area contributed by atoms with Gasteiger partial charge >= 0.3 is 0 Å². The topological polar surface area (TPSA) is 59.9 Å². The Bertz CT molecular complexity index is 763. The van der Waals surface area contributed by atoms with Crippen LogP contribution in [0.2, 0.25) is 0 Å². The molecular formula is C23H29BrN2O3. The summed E-state index contributed by atoms with van der Waals surface area (Å²) in [5.74, 6) is 1.15. The third-order valence-electron chi connectivity index (χ3n) is 4.22. The van der Waals surface area contributed by atoms with Crippen LogP contribution in [0.25, 0.3) is 0 Å². The van der Waals surface area contributed by atoms with E-state index in [1.165, 1.54) is 32.1 Å². The van der Waals surface area contributed by atoms with Gasteiger partial charge in [-0.15, -0.1) is 0 Å². The number of rotatable bonds is 13. The van der Waals surface area contributed by atoms with E-state index in [2.05, 4.69) is 33.4 Å². The van der Waals surface area contributed by atoms with Crippen molar-refractivity contribution >= 4 is 28.1 Å². The number of unbranched alkanes of at least 4 members (excludes halogenated alkanes) is 5. The summed E-state index contributed by atoms with van der Waals surface area (Å²) in [4.78, 5) is 11.8. The number of carbonyl (C=O) groups is 1. The van der Waals surface area contributed by atoms with Crippen molar-refractivity contribution in [3.05, 3.63) is 58.6 Å². The number of benzene rings is 2. The van der Waals surface area contributed by atoms with Crippen molar-refractivity contribution in [1.82, 2.24) is 5.43 Å². The predicted molar refractivity (Wildman–Crippen MR) is 121 cm³/mol. The van der Waals surface area contributed by atoms with Crippen LogP contribution in [0.5, 0.6) is 11.5 Å². The van der Waals surface area contributed by atoms with Crippen LogP contribution in [0.15, 0.2) is 58.1 Å². The zero-order valence-electron chi connectivity index (χ0n) is 16.9. The molecule has 5 nitrogen and oxygen atoms in total. The quantitative estimate of drug-likeness (QED) is 0.236. The first-order chi connectivity index (χ1) is 14.2. The second-order valence-corrected chi connectivity index (χ2v) is 7.64. The van der Waals surface area contributed by atoms with Crippen molar-refractivity contribution < 1.29 is 14.3 Å². The largest absolute Gasteiger partial charge is 0.494 e. The summed E-state index contributed by atoms with van der Waals surface area (Å²) in [5.41, 5.74) is 3.34. The zero-order valence-corrected chi connectivity index (χ0v) is 18.5. The van der Waals surface area contributed by atoms with Gasteiger partial charge in [-0.25, -0.2) is 5.43 Å². The molecule has 29 heavy (non-hydrogen) atoms. The van der Waals surface area contributed by atoms with Gasteiger partial charge in [0.1, 0.15) is 11.5 Å². The minimum Gasteiger partial charge on any atom is -0.494 e. The summed E-state index contributed by atoms with van der Waals surface area (Å²) < 4.78 is 12.1. The number of halogens is 1. The van der Waals surface area contributed by atoms with E-state index in [4.69, 9.17) is 9.47 Å². The van der Waals surface area contributed by atoms with Crippen molar-refractivity contribution in [3.63, 3.8) is 0 Å². The molecule has 1 amide bonds. The van der Waals surface area contributed by atoms with Crippen LogP contribution in [0, 0.1) is 0 Å².